The molecule has 0 saturated heterocycles. The number of nitrogens with zero attached hydrogens (tertiary/aromatic N) is 2. The van der Waals surface area contributed by atoms with Crippen molar-refractivity contribution in [1.29, 1.82) is 0 Å². The van der Waals surface area contributed by atoms with Gasteiger partial charge in [0, 0.05) is 6.20 Å². The summed E-state index contributed by atoms with van der Waals surface area (Å²) in [5, 5.41) is 0. The molecule has 1 unspecified atom stereocenters. The highest BCUT2D eigenvalue weighted by atomic mass is 16.5. The van der Waals surface area contributed by atoms with Gasteiger partial charge in [0.05, 0.1) is 5.56 Å². The predicted molar refractivity (Wildman–Crippen MR) is 71.0 cm³/mol. The van der Waals surface area contributed by atoms with Crippen LogP contribution in [-0.2, 0) is 0 Å². The molecule has 3 nitrogen and oxygen atoms in total. The van der Waals surface area contributed by atoms with Crippen molar-refractivity contribution in [1.82, 2.24) is 9.97 Å². The Morgan fingerprint density at radius 1 is 1.22 bits per heavy atom. The van der Waals surface area contributed by atoms with E-state index in [1.165, 1.54) is 6.33 Å². The second-order valence-corrected chi connectivity index (χ2v) is 3.76. The Bertz CT molecular complexity index is 570. The lowest BCUT2D eigenvalue weighted by Crippen LogP contribution is -2.10. The third-order valence-corrected chi connectivity index (χ3v) is 2.40. The first-order chi connectivity index (χ1) is 8.81. The normalized spacial score (nSPS) is 11.2. The fourth-order valence-electron chi connectivity index (χ4n) is 1.63. The summed E-state index contributed by atoms with van der Waals surface area (Å²) in [6, 6.07) is 9.92. The summed E-state index contributed by atoms with van der Waals surface area (Å²) >= 11 is 0. The van der Waals surface area contributed by atoms with E-state index in [9.17, 15) is 0 Å². The molecular formula is C15H14N2O. The van der Waals surface area contributed by atoms with E-state index in [1.807, 2.05) is 37.3 Å². The molecule has 18 heavy (non-hydrogen) atoms. The number of benzene rings is 1. The molecule has 0 amide bonds. The van der Waals surface area contributed by atoms with Crippen LogP contribution < -0.4 is 4.74 Å². The summed E-state index contributed by atoms with van der Waals surface area (Å²) in [6.07, 6.45) is 3.05. The molecule has 2 aromatic rings. The van der Waals surface area contributed by atoms with Crippen LogP contribution in [0.5, 0.6) is 5.88 Å². The average molecular weight is 238 g/mol. The number of ether oxygens (including phenoxy) is 1. The van der Waals surface area contributed by atoms with Gasteiger partial charge in [0.25, 0.3) is 0 Å². The summed E-state index contributed by atoms with van der Waals surface area (Å²) in [5.41, 5.74) is 1.91. The SMILES string of the molecule is CC#CC(C)Oc1ncncc1-c1ccccc1. The molecule has 2 rings (SSSR count). The van der Waals surface area contributed by atoms with E-state index in [2.05, 4.69) is 21.8 Å². The van der Waals surface area contributed by atoms with Gasteiger partial charge in [-0.2, -0.15) is 0 Å². The molecule has 1 atom stereocenters. The number of aromatic nitrogens is 2. The van der Waals surface area contributed by atoms with E-state index in [-0.39, 0.29) is 6.10 Å². The van der Waals surface area contributed by atoms with Gasteiger partial charge in [0.1, 0.15) is 6.33 Å². The van der Waals surface area contributed by atoms with Crippen molar-refractivity contribution in [2.75, 3.05) is 0 Å². The lowest BCUT2D eigenvalue weighted by Gasteiger charge is -2.11. The lowest BCUT2D eigenvalue weighted by molar-refractivity contribution is 0.268. The highest BCUT2D eigenvalue weighted by molar-refractivity contribution is 5.67. The van der Waals surface area contributed by atoms with Gasteiger partial charge in [-0.15, -0.1) is 5.92 Å². The van der Waals surface area contributed by atoms with Gasteiger partial charge in [-0.1, -0.05) is 36.3 Å². The Kier molecular flexibility index (Phi) is 3.93. The van der Waals surface area contributed by atoms with Gasteiger partial charge in [-0.25, -0.2) is 9.97 Å². The van der Waals surface area contributed by atoms with E-state index in [0.29, 0.717) is 5.88 Å². The second-order valence-electron chi connectivity index (χ2n) is 3.76. The van der Waals surface area contributed by atoms with Crippen molar-refractivity contribution in [2.45, 2.75) is 20.0 Å². The van der Waals surface area contributed by atoms with Crippen molar-refractivity contribution in [2.24, 2.45) is 0 Å². The van der Waals surface area contributed by atoms with Crippen LogP contribution in [0.1, 0.15) is 13.8 Å². The fourth-order valence-corrected chi connectivity index (χ4v) is 1.63. The van der Waals surface area contributed by atoms with Crippen LogP contribution in [-0.4, -0.2) is 16.1 Å². The maximum absolute atomic E-state index is 5.72. The van der Waals surface area contributed by atoms with Gasteiger partial charge in [-0.05, 0) is 19.4 Å². The Balaban J connectivity index is 2.34. The van der Waals surface area contributed by atoms with Gasteiger partial charge in [0.15, 0.2) is 6.10 Å². The highest BCUT2D eigenvalue weighted by Crippen LogP contribution is 2.27. The maximum Gasteiger partial charge on any atom is 0.225 e. The van der Waals surface area contributed by atoms with Crippen molar-refractivity contribution in [3.63, 3.8) is 0 Å². The number of hydrogen-bond acceptors (Lipinski definition) is 3. The maximum atomic E-state index is 5.72. The minimum atomic E-state index is -0.188. The molecule has 0 fully saturated rings. The van der Waals surface area contributed by atoms with Crippen LogP contribution in [0.25, 0.3) is 11.1 Å². The van der Waals surface area contributed by atoms with E-state index in [0.717, 1.165) is 11.1 Å². The van der Waals surface area contributed by atoms with Crippen molar-refractivity contribution in [3.8, 4) is 28.8 Å². The summed E-state index contributed by atoms with van der Waals surface area (Å²) < 4.78 is 5.72. The van der Waals surface area contributed by atoms with Gasteiger partial charge in [0.2, 0.25) is 5.88 Å². The minimum absolute atomic E-state index is 0.188. The monoisotopic (exact) mass is 238 g/mol. The molecule has 0 radical (unpaired) electrons. The Morgan fingerprint density at radius 2 is 2.00 bits per heavy atom. The predicted octanol–water partition coefficient (Wildman–Crippen LogP) is 2.93. The van der Waals surface area contributed by atoms with E-state index >= 15 is 0 Å². The summed E-state index contributed by atoms with van der Waals surface area (Å²) in [4.78, 5) is 8.22. The average Bonchev–Trinajstić information content (AvgIpc) is 2.40. The van der Waals surface area contributed by atoms with Crippen LogP contribution in [0.2, 0.25) is 0 Å². The molecule has 3 heteroatoms. The van der Waals surface area contributed by atoms with Gasteiger partial charge < -0.3 is 4.74 Å². The molecule has 1 aromatic carbocycles. The van der Waals surface area contributed by atoms with Gasteiger partial charge >= 0.3 is 0 Å². The quantitative estimate of drug-likeness (QED) is 0.771. The van der Waals surface area contributed by atoms with E-state index in [1.54, 1.807) is 13.1 Å². The Labute approximate surface area is 107 Å². The summed E-state index contributed by atoms with van der Waals surface area (Å²) in [7, 11) is 0. The summed E-state index contributed by atoms with van der Waals surface area (Å²) in [5.74, 6) is 6.33. The van der Waals surface area contributed by atoms with Crippen molar-refractivity contribution < 1.29 is 4.74 Å². The topological polar surface area (TPSA) is 35.0 Å². The van der Waals surface area contributed by atoms with Crippen molar-refractivity contribution in [3.05, 3.63) is 42.9 Å². The smallest absolute Gasteiger partial charge is 0.225 e. The third kappa shape index (κ3) is 2.86. The standard InChI is InChI=1S/C15H14N2O/c1-3-7-12(2)18-15-14(10-16-11-17-15)13-8-5-4-6-9-13/h4-6,8-12H,1-2H3. The molecule has 1 heterocycles. The minimum Gasteiger partial charge on any atom is -0.461 e. The molecule has 0 bridgehead atoms. The molecule has 0 aliphatic rings. The van der Waals surface area contributed by atoms with Crippen LogP contribution in [0, 0.1) is 11.8 Å². The second kappa shape index (κ2) is 5.83. The third-order valence-electron chi connectivity index (χ3n) is 2.40. The molecule has 90 valence electrons. The van der Waals surface area contributed by atoms with E-state index in [4.69, 9.17) is 4.74 Å². The fraction of sp³-hybridized carbons (Fsp3) is 0.200. The van der Waals surface area contributed by atoms with Crippen LogP contribution in [0.4, 0.5) is 0 Å². The molecule has 0 saturated carbocycles. The van der Waals surface area contributed by atoms with Crippen LogP contribution >= 0.6 is 0 Å². The van der Waals surface area contributed by atoms with E-state index < -0.39 is 0 Å². The zero-order valence-corrected chi connectivity index (χ0v) is 10.4. The number of hydrogen-bond donors (Lipinski definition) is 0. The van der Waals surface area contributed by atoms with Crippen LogP contribution in [0.15, 0.2) is 42.9 Å². The molecule has 0 N–H and O–H groups in total. The van der Waals surface area contributed by atoms with Gasteiger partial charge in [-0.3, -0.25) is 0 Å². The lowest BCUT2D eigenvalue weighted by atomic mass is 10.1. The molecule has 1 aromatic heterocycles. The van der Waals surface area contributed by atoms with Crippen LogP contribution in [0.3, 0.4) is 0 Å². The largest absolute Gasteiger partial charge is 0.461 e. The molecule has 0 aliphatic heterocycles. The summed E-state index contributed by atoms with van der Waals surface area (Å²) in [6.45, 7) is 3.69. The zero-order chi connectivity index (χ0) is 12.8. The molecular weight excluding hydrogens is 224 g/mol. The Morgan fingerprint density at radius 3 is 2.72 bits per heavy atom. The molecule has 0 aliphatic carbocycles. The Hall–Kier alpha value is -2.34. The highest BCUT2D eigenvalue weighted by Gasteiger charge is 2.09. The first-order valence-electron chi connectivity index (χ1n) is 5.75. The first kappa shape index (κ1) is 12.1. The molecule has 0 spiro atoms. The zero-order valence-electron chi connectivity index (χ0n) is 10.4. The number of rotatable bonds is 3. The van der Waals surface area contributed by atoms with Crippen molar-refractivity contribution >= 4 is 0 Å². The first-order valence-corrected chi connectivity index (χ1v) is 5.75.